The highest BCUT2D eigenvalue weighted by Gasteiger charge is 2.12. The second-order valence-corrected chi connectivity index (χ2v) is 5.19. The van der Waals surface area contributed by atoms with E-state index in [1.54, 1.807) is 0 Å². The van der Waals surface area contributed by atoms with Crippen LogP contribution >= 0.6 is 0 Å². The Morgan fingerprint density at radius 2 is 1.58 bits per heavy atom. The molecule has 0 aliphatic heterocycles. The van der Waals surface area contributed by atoms with Crippen molar-refractivity contribution >= 4 is 5.57 Å². The van der Waals surface area contributed by atoms with Crippen LogP contribution in [0.5, 0.6) is 0 Å². The highest BCUT2D eigenvalue weighted by Crippen LogP contribution is 2.31. The fourth-order valence-corrected chi connectivity index (χ4v) is 2.48. The summed E-state index contributed by atoms with van der Waals surface area (Å²) in [5, 5.41) is 0. The summed E-state index contributed by atoms with van der Waals surface area (Å²) in [4.78, 5) is 0. The monoisotopic (exact) mass is 250 g/mol. The van der Waals surface area contributed by atoms with E-state index in [9.17, 15) is 0 Å². The van der Waals surface area contributed by atoms with E-state index in [0.29, 0.717) is 5.92 Å². The molecule has 0 N–H and O–H groups in total. The van der Waals surface area contributed by atoms with Crippen molar-refractivity contribution in [2.24, 2.45) is 0 Å². The SMILES string of the molecule is C=C(c1ccccc1C)c1ccccc1C(C)CC. The van der Waals surface area contributed by atoms with Gasteiger partial charge in [-0.25, -0.2) is 0 Å². The van der Waals surface area contributed by atoms with Gasteiger partial charge in [0.05, 0.1) is 0 Å². The minimum absolute atomic E-state index is 0.567. The summed E-state index contributed by atoms with van der Waals surface area (Å²) in [6.07, 6.45) is 1.15. The molecule has 0 spiro atoms. The van der Waals surface area contributed by atoms with Gasteiger partial charge in [-0.1, -0.05) is 69.0 Å². The average molecular weight is 250 g/mol. The van der Waals surface area contributed by atoms with Crippen LogP contribution in [0.25, 0.3) is 5.57 Å². The lowest BCUT2D eigenvalue weighted by Gasteiger charge is -2.17. The molecule has 1 unspecified atom stereocenters. The zero-order valence-corrected chi connectivity index (χ0v) is 12.1. The predicted octanol–water partition coefficient (Wildman–Crippen LogP) is 5.57. The van der Waals surface area contributed by atoms with E-state index in [1.807, 2.05) is 0 Å². The van der Waals surface area contributed by atoms with Crippen molar-refractivity contribution in [3.63, 3.8) is 0 Å². The first kappa shape index (κ1) is 13.6. The van der Waals surface area contributed by atoms with Gasteiger partial charge in [-0.05, 0) is 47.1 Å². The Balaban J connectivity index is 2.48. The molecule has 1 atom stereocenters. The van der Waals surface area contributed by atoms with E-state index in [4.69, 9.17) is 0 Å². The Kier molecular flexibility index (Phi) is 4.21. The Bertz CT molecular complexity index is 578. The molecule has 2 rings (SSSR count). The summed E-state index contributed by atoms with van der Waals surface area (Å²) in [6, 6.07) is 17.1. The first-order chi connectivity index (χ1) is 9.15. The summed E-state index contributed by atoms with van der Waals surface area (Å²) >= 11 is 0. The van der Waals surface area contributed by atoms with Crippen molar-refractivity contribution in [3.05, 3.63) is 77.4 Å². The molecule has 0 radical (unpaired) electrons. The van der Waals surface area contributed by atoms with Crippen LogP contribution in [0, 0.1) is 6.92 Å². The second kappa shape index (κ2) is 5.88. The fourth-order valence-electron chi connectivity index (χ4n) is 2.48. The maximum atomic E-state index is 4.33. The highest BCUT2D eigenvalue weighted by molar-refractivity contribution is 5.81. The number of hydrogen-bond donors (Lipinski definition) is 0. The molecule has 2 aromatic rings. The van der Waals surface area contributed by atoms with Crippen molar-refractivity contribution in [2.45, 2.75) is 33.1 Å². The van der Waals surface area contributed by atoms with Crippen molar-refractivity contribution in [3.8, 4) is 0 Å². The smallest absolute Gasteiger partial charge is 0.0149 e. The van der Waals surface area contributed by atoms with Gasteiger partial charge >= 0.3 is 0 Å². The average Bonchev–Trinajstić information content (AvgIpc) is 2.46. The minimum atomic E-state index is 0.567. The van der Waals surface area contributed by atoms with Crippen LogP contribution in [0.15, 0.2) is 55.1 Å². The first-order valence-corrected chi connectivity index (χ1v) is 6.99. The Labute approximate surface area is 116 Å². The number of benzene rings is 2. The second-order valence-electron chi connectivity index (χ2n) is 5.19. The van der Waals surface area contributed by atoms with Gasteiger partial charge in [0.2, 0.25) is 0 Å². The normalized spacial score (nSPS) is 12.2. The number of hydrogen-bond acceptors (Lipinski definition) is 0. The quantitative estimate of drug-likeness (QED) is 0.665. The van der Waals surface area contributed by atoms with Crippen LogP contribution in [0.4, 0.5) is 0 Å². The molecule has 0 aromatic heterocycles. The molecule has 0 aliphatic rings. The molecule has 19 heavy (non-hydrogen) atoms. The molecular formula is C19H22. The van der Waals surface area contributed by atoms with Gasteiger partial charge in [0.1, 0.15) is 0 Å². The van der Waals surface area contributed by atoms with Gasteiger partial charge in [0, 0.05) is 0 Å². The molecule has 0 fully saturated rings. The van der Waals surface area contributed by atoms with Crippen molar-refractivity contribution in [1.82, 2.24) is 0 Å². The van der Waals surface area contributed by atoms with E-state index in [2.05, 4.69) is 75.9 Å². The summed E-state index contributed by atoms with van der Waals surface area (Å²) < 4.78 is 0. The molecule has 0 heteroatoms. The lowest BCUT2D eigenvalue weighted by molar-refractivity contribution is 0.731. The van der Waals surface area contributed by atoms with E-state index in [0.717, 1.165) is 12.0 Å². The third-order valence-corrected chi connectivity index (χ3v) is 3.90. The lowest BCUT2D eigenvalue weighted by atomic mass is 9.87. The summed E-state index contributed by atoms with van der Waals surface area (Å²) in [5.74, 6) is 0.567. The topological polar surface area (TPSA) is 0 Å². The van der Waals surface area contributed by atoms with E-state index in [1.165, 1.54) is 22.3 Å². The minimum Gasteiger partial charge on any atom is -0.0905 e. The maximum Gasteiger partial charge on any atom is -0.0149 e. The van der Waals surface area contributed by atoms with Crippen LogP contribution in [-0.4, -0.2) is 0 Å². The van der Waals surface area contributed by atoms with Crippen LogP contribution in [0.2, 0.25) is 0 Å². The predicted molar refractivity (Wildman–Crippen MR) is 84.5 cm³/mol. The largest absolute Gasteiger partial charge is 0.0905 e. The fraction of sp³-hybridized carbons (Fsp3) is 0.263. The van der Waals surface area contributed by atoms with Crippen molar-refractivity contribution in [2.75, 3.05) is 0 Å². The Morgan fingerprint density at radius 3 is 2.21 bits per heavy atom. The molecule has 2 aromatic carbocycles. The zero-order chi connectivity index (χ0) is 13.8. The van der Waals surface area contributed by atoms with Gasteiger partial charge in [-0.15, -0.1) is 0 Å². The van der Waals surface area contributed by atoms with E-state index in [-0.39, 0.29) is 0 Å². The van der Waals surface area contributed by atoms with E-state index >= 15 is 0 Å². The first-order valence-electron chi connectivity index (χ1n) is 6.99. The number of rotatable bonds is 4. The molecule has 0 saturated carbocycles. The van der Waals surface area contributed by atoms with Gasteiger partial charge in [-0.2, -0.15) is 0 Å². The van der Waals surface area contributed by atoms with Crippen molar-refractivity contribution in [1.29, 1.82) is 0 Å². The van der Waals surface area contributed by atoms with Crippen LogP contribution in [0.3, 0.4) is 0 Å². The standard InChI is InChI=1S/C19H22/c1-5-14(2)18-12-8-9-13-19(18)16(4)17-11-7-6-10-15(17)3/h6-14H,4-5H2,1-3H3. The summed E-state index contributed by atoms with van der Waals surface area (Å²) in [6.45, 7) is 11.0. The summed E-state index contributed by atoms with van der Waals surface area (Å²) in [5.41, 5.74) is 6.35. The zero-order valence-electron chi connectivity index (χ0n) is 12.1. The lowest BCUT2D eigenvalue weighted by Crippen LogP contribution is -1.99. The molecule has 0 heterocycles. The Morgan fingerprint density at radius 1 is 1.00 bits per heavy atom. The molecule has 0 aliphatic carbocycles. The van der Waals surface area contributed by atoms with Gasteiger partial charge in [-0.3, -0.25) is 0 Å². The molecule has 0 bridgehead atoms. The third-order valence-electron chi connectivity index (χ3n) is 3.90. The third kappa shape index (κ3) is 2.78. The van der Waals surface area contributed by atoms with Crippen molar-refractivity contribution < 1.29 is 0 Å². The molecule has 98 valence electrons. The Hall–Kier alpha value is -1.82. The van der Waals surface area contributed by atoms with Gasteiger partial charge in [0.15, 0.2) is 0 Å². The van der Waals surface area contributed by atoms with Crippen LogP contribution in [-0.2, 0) is 0 Å². The molecular weight excluding hydrogens is 228 g/mol. The summed E-state index contributed by atoms with van der Waals surface area (Å²) in [7, 11) is 0. The van der Waals surface area contributed by atoms with Crippen LogP contribution < -0.4 is 0 Å². The van der Waals surface area contributed by atoms with Gasteiger partial charge in [0.25, 0.3) is 0 Å². The number of aryl methyl sites for hydroxylation is 1. The molecule has 0 nitrogen and oxygen atoms in total. The molecule has 0 amide bonds. The maximum absolute atomic E-state index is 4.33. The highest BCUT2D eigenvalue weighted by atomic mass is 14.2. The van der Waals surface area contributed by atoms with Gasteiger partial charge < -0.3 is 0 Å². The van der Waals surface area contributed by atoms with Crippen LogP contribution in [0.1, 0.15) is 48.4 Å². The molecule has 0 saturated heterocycles. The van der Waals surface area contributed by atoms with E-state index < -0.39 is 0 Å².